The molecule has 0 saturated carbocycles. The minimum absolute atomic E-state index is 0.0586. The summed E-state index contributed by atoms with van der Waals surface area (Å²) in [5, 5.41) is 8.85. The van der Waals surface area contributed by atoms with Gasteiger partial charge in [-0.05, 0) is 23.6 Å². The van der Waals surface area contributed by atoms with Crippen molar-refractivity contribution in [3.63, 3.8) is 0 Å². The van der Waals surface area contributed by atoms with Crippen LogP contribution in [0, 0.1) is 17.2 Å². The number of nitrogens with two attached hydrogens (primary N) is 1. The van der Waals surface area contributed by atoms with Gasteiger partial charge in [-0.3, -0.25) is 4.79 Å². The molecule has 1 aromatic carbocycles. The molecule has 0 bridgehead atoms. The lowest BCUT2D eigenvalue weighted by molar-refractivity contribution is -0.132. The number of amides is 1. The third-order valence-corrected chi connectivity index (χ3v) is 3.39. The molecular weight excluding hydrogens is 238 g/mol. The minimum atomic E-state index is -0.464. The van der Waals surface area contributed by atoms with Gasteiger partial charge in [-0.15, -0.1) is 0 Å². The van der Waals surface area contributed by atoms with Crippen LogP contribution in [-0.4, -0.2) is 23.9 Å². The summed E-state index contributed by atoms with van der Waals surface area (Å²) in [6, 6.07) is 8.89. The summed E-state index contributed by atoms with van der Waals surface area (Å²) in [5.41, 5.74) is 7.48. The fourth-order valence-corrected chi connectivity index (χ4v) is 1.84. The molecule has 1 amide bonds. The molecule has 0 aromatic heterocycles. The Morgan fingerprint density at radius 3 is 2.79 bits per heavy atom. The summed E-state index contributed by atoms with van der Waals surface area (Å²) in [6.07, 6.45) is 0.880. The first-order valence-electron chi connectivity index (χ1n) is 6.49. The van der Waals surface area contributed by atoms with Gasteiger partial charge >= 0.3 is 0 Å². The lowest BCUT2D eigenvalue weighted by atomic mass is 9.99. The lowest BCUT2D eigenvalue weighted by Gasteiger charge is -2.24. The van der Waals surface area contributed by atoms with E-state index in [9.17, 15) is 4.79 Å². The van der Waals surface area contributed by atoms with E-state index in [1.807, 2.05) is 26.0 Å². The van der Waals surface area contributed by atoms with Crippen molar-refractivity contribution in [1.82, 2.24) is 4.90 Å². The predicted molar refractivity (Wildman–Crippen MR) is 75.1 cm³/mol. The first-order valence-corrected chi connectivity index (χ1v) is 6.49. The first kappa shape index (κ1) is 15.2. The van der Waals surface area contributed by atoms with Crippen LogP contribution in [0.25, 0.3) is 0 Å². The van der Waals surface area contributed by atoms with E-state index in [0.717, 1.165) is 12.0 Å². The van der Waals surface area contributed by atoms with Crippen LogP contribution in [0.5, 0.6) is 0 Å². The van der Waals surface area contributed by atoms with Gasteiger partial charge in [0.2, 0.25) is 5.91 Å². The van der Waals surface area contributed by atoms with Crippen molar-refractivity contribution in [1.29, 1.82) is 5.26 Å². The van der Waals surface area contributed by atoms with Crippen molar-refractivity contribution in [2.24, 2.45) is 11.7 Å². The van der Waals surface area contributed by atoms with Gasteiger partial charge in [-0.2, -0.15) is 5.26 Å². The van der Waals surface area contributed by atoms with Gasteiger partial charge in [0.1, 0.15) is 0 Å². The Kier molecular flexibility index (Phi) is 5.53. The highest BCUT2D eigenvalue weighted by atomic mass is 16.2. The lowest BCUT2D eigenvalue weighted by Crippen LogP contribution is -2.45. The zero-order chi connectivity index (χ0) is 14.4. The van der Waals surface area contributed by atoms with E-state index < -0.39 is 6.04 Å². The van der Waals surface area contributed by atoms with Gasteiger partial charge in [-0.1, -0.05) is 32.4 Å². The number of hydrogen-bond donors (Lipinski definition) is 1. The Bertz CT molecular complexity index is 479. The average molecular weight is 259 g/mol. The van der Waals surface area contributed by atoms with Gasteiger partial charge in [0.15, 0.2) is 0 Å². The Hall–Kier alpha value is -1.86. The van der Waals surface area contributed by atoms with Gasteiger partial charge < -0.3 is 10.6 Å². The van der Waals surface area contributed by atoms with E-state index >= 15 is 0 Å². The van der Waals surface area contributed by atoms with Crippen molar-refractivity contribution in [2.45, 2.75) is 32.9 Å². The maximum absolute atomic E-state index is 12.1. The number of nitriles is 1. The second-order valence-electron chi connectivity index (χ2n) is 4.92. The summed E-state index contributed by atoms with van der Waals surface area (Å²) in [5.74, 6) is 0.108. The molecule has 2 unspecified atom stereocenters. The van der Waals surface area contributed by atoms with Crippen LogP contribution in [0.1, 0.15) is 31.4 Å². The number of carbonyl (C=O) groups excluding carboxylic acids is 1. The van der Waals surface area contributed by atoms with Gasteiger partial charge in [-0.25, -0.2) is 0 Å². The van der Waals surface area contributed by atoms with Crippen LogP contribution in [0.4, 0.5) is 0 Å². The van der Waals surface area contributed by atoms with Crippen molar-refractivity contribution in [3.05, 3.63) is 35.4 Å². The average Bonchev–Trinajstić information content (AvgIpc) is 2.44. The standard InChI is InChI=1S/C15H21N3O/c1-4-11(2)14(17)15(19)18(3)10-13-7-5-6-12(8-13)9-16/h5-8,11,14H,4,10,17H2,1-3H3. The number of likely N-dealkylation sites (N-methyl/N-ethyl adjacent to an activating group) is 1. The molecule has 0 fully saturated rings. The maximum atomic E-state index is 12.1. The molecule has 0 heterocycles. The van der Waals surface area contributed by atoms with Crippen LogP contribution in [0.15, 0.2) is 24.3 Å². The van der Waals surface area contributed by atoms with Crippen LogP contribution in [0.2, 0.25) is 0 Å². The molecule has 0 radical (unpaired) electrons. The van der Waals surface area contributed by atoms with Crippen LogP contribution in [0.3, 0.4) is 0 Å². The SMILES string of the molecule is CCC(C)C(N)C(=O)N(C)Cc1cccc(C#N)c1. The molecule has 0 saturated heterocycles. The third kappa shape index (κ3) is 4.08. The van der Waals surface area contributed by atoms with E-state index in [0.29, 0.717) is 12.1 Å². The van der Waals surface area contributed by atoms with E-state index in [2.05, 4.69) is 6.07 Å². The zero-order valence-electron chi connectivity index (χ0n) is 11.8. The normalized spacial score (nSPS) is 13.4. The summed E-state index contributed by atoms with van der Waals surface area (Å²) in [7, 11) is 1.74. The van der Waals surface area contributed by atoms with Crippen molar-refractivity contribution < 1.29 is 4.79 Å². The van der Waals surface area contributed by atoms with Crippen molar-refractivity contribution in [2.75, 3.05) is 7.05 Å². The van der Waals surface area contributed by atoms with Crippen molar-refractivity contribution in [3.8, 4) is 6.07 Å². The fraction of sp³-hybridized carbons (Fsp3) is 0.467. The molecule has 0 spiro atoms. The summed E-state index contributed by atoms with van der Waals surface area (Å²) >= 11 is 0. The quantitative estimate of drug-likeness (QED) is 0.877. The second kappa shape index (κ2) is 6.91. The molecule has 4 heteroatoms. The second-order valence-corrected chi connectivity index (χ2v) is 4.92. The largest absolute Gasteiger partial charge is 0.340 e. The van der Waals surface area contributed by atoms with E-state index in [4.69, 9.17) is 11.0 Å². The molecule has 0 aliphatic rings. The number of benzene rings is 1. The van der Waals surface area contributed by atoms with Gasteiger partial charge in [0.25, 0.3) is 0 Å². The van der Waals surface area contributed by atoms with Crippen LogP contribution >= 0.6 is 0 Å². The molecule has 1 rings (SSSR count). The number of hydrogen-bond acceptors (Lipinski definition) is 3. The molecule has 4 nitrogen and oxygen atoms in total. The number of rotatable bonds is 5. The molecule has 2 N–H and O–H groups in total. The van der Waals surface area contributed by atoms with Gasteiger partial charge in [0, 0.05) is 13.6 Å². The summed E-state index contributed by atoms with van der Waals surface area (Å²) < 4.78 is 0. The molecule has 102 valence electrons. The molecule has 2 atom stereocenters. The first-order chi connectivity index (χ1) is 8.99. The summed E-state index contributed by atoms with van der Waals surface area (Å²) in [6.45, 7) is 4.47. The molecule has 0 aliphatic carbocycles. The van der Waals surface area contributed by atoms with E-state index in [-0.39, 0.29) is 11.8 Å². The number of nitrogens with zero attached hydrogens (tertiary/aromatic N) is 2. The monoisotopic (exact) mass is 259 g/mol. The molecular formula is C15H21N3O. The Morgan fingerprint density at radius 2 is 2.21 bits per heavy atom. The highest BCUT2D eigenvalue weighted by molar-refractivity contribution is 5.81. The Labute approximate surface area is 114 Å². The fourth-order valence-electron chi connectivity index (χ4n) is 1.84. The predicted octanol–water partition coefficient (Wildman–Crippen LogP) is 1.89. The van der Waals surface area contributed by atoms with Crippen LogP contribution < -0.4 is 5.73 Å². The van der Waals surface area contributed by atoms with Gasteiger partial charge in [0.05, 0.1) is 17.7 Å². The topological polar surface area (TPSA) is 70.1 Å². The Morgan fingerprint density at radius 1 is 1.53 bits per heavy atom. The smallest absolute Gasteiger partial charge is 0.239 e. The van der Waals surface area contributed by atoms with Crippen molar-refractivity contribution >= 4 is 5.91 Å². The highest BCUT2D eigenvalue weighted by Gasteiger charge is 2.22. The van der Waals surface area contributed by atoms with E-state index in [1.54, 1.807) is 24.1 Å². The molecule has 19 heavy (non-hydrogen) atoms. The number of carbonyl (C=O) groups is 1. The zero-order valence-corrected chi connectivity index (χ0v) is 11.8. The third-order valence-electron chi connectivity index (χ3n) is 3.39. The van der Waals surface area contributed by atoms with E-state index in [1.165, 1.54) is 0 Å². The molecule has 0 aliphatic heterocycles. The molecule has 1 aromatic rings. The summed E-state index contributed by atoms with van der Waals surface area (Å²) in [4.78, 5) is 13.8. The Balaban J connectivity index is 2.71. The maximum Gasteiger partial charge on any atom is 0.239 e. The highest BCUT2D eigenvalue weighted by Crippen LogP contribution is 2.11. The minimum Gasteiger partial charge on any atom is -0.340 e. The van der Waals surface area contributed by atoms with Crippen LogP contribution in [-0.2, 0) is 11.3 Å².